The van der Waals surface area contributed by atoms with Gasteiger partial charge in [0.25, 0.3) is 5.91 Å². The van der Waals surface area contributed by atoms with Crippen LogP contribution in [-0.2, 0) is 4.79 Å². The number of amides is 2. The largest absolute Gasteiger partial charge is 0.497 e. The van der Waals surface area contributed by atoms with Crippen LogP contribution >= 0.6 is 22.9 Å². The Labute approximate surface area is 152 Å². The number of halogens is 1. The van der Waals surface area contributed by atoms with Gasteiger partial charge in [0, 0.05) is 0 Å². The van der Waals surface area contributed by atoms with Gasteiger partial charge >= 0.3 is 0 Å². The molecule has 2 N–H and O–H groups in total. The molecule has 0 unspecified atom stereocenters. The van der Waals surface area contributed by atoms with Gasteiger partial charge in [-0.1, -0.05) is 35.1 Å². The van der Waals surface area contributed by atoms with Gasteiger partial charge in [0.2, 0.25) is 5.91 Å². The molecule has 0 bridgehead atoms. The van der Waals surface area contributed by atoms with Crippen molar-refractivity contribution in [3.05, 3.63) is 53.1 Å². The summed E-state index contributed by atoms with van der Waals surface area (Å²) in [5.74, 6) is -0.0535. The molecule has 2 aromatic carbocycles. The number of methoxy groups -OCH3 is 1. The lowest BCUT2D eigenvalue weighted by atomic mass is 10.2. The molecule has 0 radical (unpaired) electrons. The predicted molar refractivity (Wildman–Crippen MR) is 98.6 cm³/mol. The number of rotatable bonds is 5. The van der Waals surface area contributed by atoms with E-state index in [1.54, 1.807) is 37.4 Å². The Bertz CT molecular complexity index is 942. The monoisotopic (exact) mass is 375 g/mol. The summed E-state index contributed by atoms with van der Waals surface area (Å²) in [5, 5.41) is 6.00. The second-order valence-corrected chi connectivity index (χ2v) is 6.50. The molecule has 128 valence electrons. The maximum absolute atomic E-state index is 12.0. The molecule has 0 saturated carbocycles. The predicted octanol–water partition coefficient (Wildman–Crippen LogP) is 3.33. The summed E-state index contributed by atoms with van der Waals surface area (Å²) in [6.45, 7) is -0.177. The molecule has 0 aliphatic rings. The molecule has 25 heavy (non-hydrogen) atoms. The van der Waals surface area contributed by atoms with Gasteiger partial charge in [-0.2, -0.15) is 0 Å². The summed E-state index contributed by atoms with van der Waals surface area (Å²) in [4.78, 5) is 28.4. The highest BCUT2D eigenvalue weighted by Gasteiger charge is 2.12. The van der Waals surface area contributed by atoms with Crippen LogP contribution in [0.3, 0.4) is 0 Å². The molecule has 6 nitrogen and oxygen atoms in total. The Hall–Kier alpha value is -2.64. The molecule has 0 atom stereocenters. The van der Waals surface area contributed by atoms with Crippen molar-refractivity contribution in [2.45, 2.75) is 0 Å². The number of carbonyl (C=O) groups is 2. The standard InChI is InChI=1S/C17H14ClN3O3S/c1-24-10-6-7-13-14(8-10)25-17(20-13)21-15(22)9-19-16(23)11-4-2-3-5-12(11)18/h2-8H,9H2,1H3,(H,19,23)(H,20,21,22). The van der Waals surface area contributed by atoms with Gasteiger partial charge in [0.1, 0.15) is 5.75 Å². The minimum absolute atomic E-state index is 0.177. The van der Waals surface area contributed by atoms with E-state index in [0.29, 0.717) is 15.7 Å². The van der Waals surface area contributed by atoms with Crippen LogP contribution in [0.4, 0.5) is 5.13 Å². The number of aromatic nitrogens is 1. The summed E-state index contributed by atoms with van der Waals surface area (Å²) in [6.07, 6.45) is 0. The van der Waals surface area contributed by atoms with E-state index in [4.69, 9.17) is 16.3 Å². The number of hydrogen-bond donors (Lipinski definition) is 2. The van der Waals surface area contributed by atoms with Crippen LogP contribution in [0.25, 0.3) is 10.2 Å². The van der Waals surface area contributed by atoms with Crippen molar-refractivity contribution in [3.63, 3.8) is 0 Å². The smallest absolute Gasteiger partial charge is 0.253 e. The lowest BCUT2D eigenvalue weighted by Gasteiger charge is -2.06. The van der Waals surface area contributed by atoms with Gasteiger partial charge in [-0.3, -0.25) is 9.59 Å². The van der Waals surface area contributed by atoms with E-state index in [0.717, 1.165) is 16.0 Å². The normalized spacial score (nSPS) is 10.5. The van der Waals surface area contributed by atoms with Crippen LogP contribution in [-0.4, -0.2) is 30.5 Å². The lowest BCUT2D eigenvalue weighted by molar-refractivity contribution is -0.115. The van der Waals surface area contributed by atoms with Crippen molar-refractivity contribution in [2.24, 2.45) is 0 Å². The summed E-state index contributed by atoms with van der Waals surface area (Å²) >= 11 is 7.29. The number of ether oxygens (including phenoxy) is 1. The van der Waals surface area contributed by atoms with Gasteiger partial charge < -0.3 is 15.4 Å². The second kappa shape index (κ2) is 7.50. The van der Waals surface area contributed by atoms with Crippen LogP contribution in [0.15, 0.2) is 42.5 Å². The van der Waals surface area contributed by atoms with Crippen molar-refractivity contribution >= 4 is 50.1 Å². The topological polar surface area (TPSA) is 80.3 Å². The molecule has 0 fully saturated rings. The molecule has 0 spiro atoms. The number of benzene rings is 2. The number of carbonyl (C=O) groups excluding carboxylic acids is 2. The molecule has 1 aromatic heterocycles. The molecular formula is C17H14ClN3O3S. The minimum Gasteiger partial charge on any atom is -0.497 e. The third-order valence-corrected chi connectivity index (χ3v) is 4.63. The zero-order valence-electron chi connectivity index (χ0n) is 13.2. The molecule has 2 amide bonds. The Morgan fingerprint density at radius 2 is 2.04 bits per heavy atom. The van der Waals surface area contributed by atoms with Crippen LogP contribution in [0.5, 0.6) is 5.75 Å². The molecule has 0 aliphatic heterocycles. The fraction of sp³-hybridized carbons (Fsp3) is 0.118. The fourth-order valence-corrected chi connectivity index (χ4v) is 3.28. The summed E-state index contributed by atoms with van der Waals surface area (Å²) < 4.78 is 6.06. The van der Waals surface area contributed by atoms with E-state index in [1.807, 2.05) is 12.1 Å². The first-order chi connectivity index (χ1) is 12.1. The Morgan fingerprint density at radius 1 is 1.24 bits per heavy atom. The Morgan fingerprint density at radius 3 is 2.80 bits per heavy atom. The highest BCUT2D eigenvalue weighted by Crippen LogP contribution is 2.29. The second-order valence-electron chi connectivity index (χ2n) is 5.06. The summed E-state index contributed by atoms with van der Waals surface area (Å²) in [6, 6.07) is 12.1. The van der Waals surface area contributed by atoms with Crippen LogP contribution in [0.2, 0.25) is 5.02 Å². The van der Waals surface area contributed by atoms with E-state index < -0.39 is 5.91 Å². The quantitative estimate of drug-likeness (QED) is 0.716. The van der Waals surface area contributed by atoms with Gasteiger partial charge in [-0.25, -0.2) is 4.98 Å². The summed E-state index contributed by atoms with van der Waals surface area (Å²) in [5.41, 5.74) is 1.09. The maximum Gasteiger partial charge on any atom is 0.253 e. The van der Waals surface area contributed by atoms with Crippen molar-refractivity contribution in [1.29, 1.82) is 0 Å². The van der Waals surface area contributed by atoms with Crippen LogP contribution < -0.4 is 15.4 Å². The molecule has 0 saturated heterocycles. The van der Waals surface area contributed by atoms with Crippen LogP contribution in [0.1, 0.15) is 10.4 Å². The maximum atomic E-state index is 12.0. The molecule has 8 heteroatoms. The van der Waals surface area contributed by atoms with Gasteiger partial charge in [-0.15, -0.1) is 0 Å². The van der Waals surface area contributed by atoms with Crippen molar-refractivity contribution in [1.82, 2.24) is 10.3 Å². The third kappa shape index (κ3) is 4.07. The minimum atomic E-state index is -0.408. The average Bonchev–Trinajstić information content (AvgIpc) is 3.01. The zero-order chi connectivity index (χ0) is 17.8. The first-order valence-electron chi connectivity index (χ1n) is 7.34. The van der Waals surface area contributed by atoms with E-state index in [2.05, 4.69) is 15.6 Å². The first kappa shape index (κ1) is 17.2. The molecule has 3 rings (SSSR count). The van der Waals surface area contributed by atoms with E-state index in [9.17, 15) is 9.59 Å². The van der Waals surface area contributed by atoms with E-state index in [1.165, 1.54) is 11.3 Å². The highest BCUT2D eigenvalue weighted by molar-refractivity contribution is 7.22. The number of hydrogen-bond acceptors (Lipinski definition) is 5. The van der Waals surface area contributed by atoms with Crippen molar-refractivity contribution in [3.8, 4) is 5.75 Å². The molecule has 3 aromatic rings. The first-order valence-corrected chi connectivity index (χ1v) is 8.53. The Balaban J connectivity index is 1.61. The van der Waals surface area contributed by atoms with Crippen LogP contribution in [0, 0.1) is 0 Å². The van der Waals surface area contributed by atoms with Gasteiger partial charge in [-0.05, 0) is 30.3 Å². The van der Waals surface area contributed by atoms with Crippen molar-refractivity contribution in [2.75, 3.05) is 19.0 Å². The Kier molecular flexibility index (Phi) is 5.16. The lowest BCUT2D eigenvalue weighted by Crippen LogP contribution is -2.32. The van der Waals surface area contributed by atoms with E-state index >= 15 is 0 Å². The van der Waals surface area contributed by atoms with Gasteiger partial charge in [0.05, 0.1) is 34.5 Å². The number of nitrogens with one attached hydrogen (secondary N) is 2. The van der Waals surface area contributed by atoms with E-state index in [-0.39, 0.29) is 12.5 Å². The fourth-order valence-electron chi connectivity index (χ4n) is 2.15. The zero-order valence-corrected chi connectivity index (χ0v) is 14.8. The SMILES string of the molecule is COc1ccc2nc(NC(=O)CNC(=O)c3ccccc3Cl)sc2c1. The third-order valence-electron chi connectivity index (χ3n) is 3.37. The number of anilines is 1. The highest BCUT2D eigenvalue weighted by atomic mass is 35.5. The molecule has 1 heterocycles. The number of fused-ring (bicyclic) bond motifs is 1. The molecular weight excluding hydrogens is 362 g/mol. The van der Waals surface area contributed by atoms with Crippen molar-refractivity contribution < 1.29 is 14.3 Å². The number of nitrogens with zero attached hydrogens (tertiary/aromatic N) is 1. The number of thiazole rings is 1. The average molecular weight is 376 g/mol. The molecule has 0 aliphatic carbocycles. The van der Waals surface area contributed by atoms with Gasteiger partial charge in [0.15, 0.2) is 5.13 Å². The summed E-state index contributed by atoms with van der Waals surface area (Å²) in [7, 11) is 1.59.